The molecular weight excluding hydrogens is 400 g/mol. The Labute approximate surface area is 173 Å². The van der Waals surface area contributed by atoms with E-state index < -0.39 is 11.5 Å². The van der Waals surface area contributed by atoms with Gasteiger partial charge in [-0.25, -0.2) is 19.6 Å². The van der Waals surface area contributed by atoms with Crippen molar-refractivity contribution in [3.05, 3.63) is 28.2 Å². The van der Waals surface area contributed by atoms with Crippen LogP contribution >= 0.6 is 11.8 Å². The molecule has 11 heteroatoms. The number of nitrogens with zero attached hydrogens (tertiary/aromatic N) is 3. The number of amides is 1. The number of carbonyl (C=O) groups excluding carboxylic acids is 3. The van der Waals surface area contributed by atoms with Crippen LogP contribution in [0.5, 0.6) is 0 Å². The number of rotatable bonds is 10. The van der Waals surface area contributed by atoms with E-state index in [9.17, 15) is 14.4 Å². The van der Waals surface area contributed by atoms with Crippen LogP contribution in [0.25, 0.3) is 0 Å². The van der Waals surface area contributed by atoms with Gasteiger partial charge in [0.15, 0.2) is 0 Å². The van der Waals surface area contributed by atoms with Gasteiger partial charge < -0.3 is 24.8 Å². The molecule has 2 N–H and O–H groups in total. The summed E-state index contributed by atoms with van der Waals surface area (Å²) in [6.07, 6.45) is 1.55. The highest BCUT2D eigenvalue weighted by Crippen LogP contribution is 2.28. The summed E-state index contributed by atoms with van der Waals surface area (Å²) < 4.78 is 14.6. The molecule has 0 saturated carbocycles. The van der Waals surface area contributed by atoms with Crippen molar-refractivity contribution < 1.29 is 28.6 Å². The second-order valence-corrected chi connectivity index (χ2v) is 6.67. The van der Waals surface area contributed by atoms with Crippen LogP contribution in [0.1, 0.15) is 38.6 Å². The van der Waals surface area contributed by atoms with Gasteiger partial charge in [0.2, 0.25) is 6.41 Å². The average Bonchev–Trinajstić information content (AvgIpc) is 2.66. The number of aromatic nitrogens is 2. The molecule has 10 nitrogen and oxygen atoms in total. The Morgan fingerprint density at radius 2 is 1.93 bits per heavy atom. The molecule has 0 saturated heterocycles. The van der Waals surface area contributed by atoms with Gasteiger partial charge in [-0.1, -0.05) is 0 Å². The van der Waals surface area contributed by atoms with Crippen LogP contribution in [0.3, 0.4) is 0 Å². The summed E-state index contributed by atoms with van der Waals surface area (Å²) in [4.78, 5) is 45.0. The zero-order valence-corrected chi connectivity index (χ0v) is 17.8. The third-order valence-electron chi connectivity index (χ3n) is 3.60. The highest BCUT2D eigenvalue weighted by atomic mass is 32.2. The molecule has 0 bridgehead atoms. The molecule has 0 spiro atoms. The third kappa shape index (κ3) is 8.38. The number of thioether (sulfide) groups is 1. The fraction of sp³-hybridized carbons (Fsp3) is 0.500. The molecule has 0 fully saturated rings. The van der Waals surface area contributed by atoms with Crippen LogP contribution in [-0.4, -0.2) is 52.6 Å². The number of nitrogen functional groups attached to an aromatic ring is 1. The van der Waals surface area contributed by atoms with Gasteiger partial charge in [-0.2, -0.15) is 0 Å². The van der Waals surface area contributed by atoms with Crippen molar-refractivity contribution >= 4 is 35.4 Å². The van der Waals surface area contributed by atoms with Crippen molar-refractivity contribution in [3.63, 3.8) is 0 Å². The summed E-state index contributed by atoms with van der Waals surface area (Å²) in [7, 11) is 0. The SMILES string of the molecule is CCOC(=O)OCC/C(SC(=O)OCC)=C(/C)N(C=O)Cc1cnc(C)nc1N. The molecule has 0 aliphatic rings. The number of ether oxygens (including phenoxy) is 3. The molecule has 160 valence electrons. The summed E-state index contributed by atoms with van der Waals surface area (Å²) in [6.45, 7) is 7.23. The summed E-state index contributed by atoms with van der Waals surface area (Å²) in [5.41, 5.74) is 6.95. The zero-order valence-electron chi connectivity index (χ0n) is 17.0. The van der Waals surface area contributed by atoms with Crippen LogP contribution in [0.4, 0.5) is 15.4 Å². The minimum atomic E-state index is -0.803. The molecule has 1 aromatic rings. The van der Waals surface area contributed by atoms with E-state index in [1.54, 1.807) is 33.9 Å². The molecule has 1 amide bonds. The lowest BCUT2D eigenvalue weighted by molar-refractivity contribution is -0.116. The van der Waals surface area contributed by atoms with E-state index in [-0.39, 0.29) is 38.6 Å². The topological polar surface area (TPSA) is 134 Å². The number of aryl methyl sites for hydroxylation is 1. The lowest BCUT2D eigenvalue weighted by Crippen LogP contribution is -2.22. The van der Waals surface area contributed by atoms with Gasteiger partial charge in [0.05, 0.1) is 26.4 Å². The first-order valence-electron chi connectivity index (χ1n) is 8.96. The van der Waals surface area contributed by atoms with E-state index in [1.807, 2.05) is 0 Å². The number of hydrogen-bond acceptors (Lipinski definition) is 10. The largest absolute Gasteiger partial charge is 0.508 e. The lowest BCUT2D eigenvalue weighted by Gasteiger charge is -2.22. The minimum absolute atomic E-state index is 0.0274. The standard InChI is InChI=1S/C18H26N4O6S/c1-5-26-17(24)28-8-7-15(29-18(25)27-6-2)12(3)22(11-23)10-14-9-20-13(4)21-16(14)19/h9,11H,5-8,10H2,1-4H3,(H2,19,20,21)/b15-12+. The summed E-state index contributed by atoms with van der Waals surface area (Å²) >= 11 is 0.827. The first-order chi connectivity index (χ1) is 13.8. The van der Waals surface area contributed by atoms with E-state index in [1.165, 1.54) is 4.90 Å². The molecule has 0 aromatic carbocycles. The number of allylic oxidation sites excluding steroid dienone is 1. The van der Waals surface area contributed by atoms with Gasteiger partial charge >= 0.3 is 11.5 Å². The maximum Gasteiger partial charge on any atom is 0.508 e. The van der Waals surface area contributed by atoms with Crippen LogP contribution < -0.4 is 5.73 Å². The van der Waals surface area contributed by atoms with Crippen molar-refractivity contribution in [1.29, 1.82) is 0 Å². The quantitative estimate of drug-likeness (QED) is 0.439. The predicted octanol–water partition coefficient (Wildman–Crippen LogP) is 3.01. The molecule has 0 radical (unpaired) electrons. The second kappa shape index (κ2) is 12.6. The van der Waals surface area contributed by atoms with Crippen LogP contribution in [-0.2, 0) is 25.5 Å². The Kier molecular flexibility index (Phi) is 10.5. The van der Waals surface area contributed by atoms with Crippen LogP contribution in [0, 0.1) is 6.92 Å². The fourth-order valence-corrected chi connectivity index (χ4v) is 2.98. The molecule has 1 rings (SSSR count). The number of anilines is 1. The van der Waals surface area contributed by atoms with E-state index in [4.69, 9.17) is 19.9 Å². The van der Waals surface area contributed by atoms with E-state index in [2.05, 4.69) is 9.97 Å². The van der Waals surface area contributed by atoms with Gasteiger partial charge in [0.25, 0.3) is 0 Å². The lowest BCUT2D eigenvalue weighted by atomic mass is 10.2. The van der Waals surface area contributed by atoms with Crippen molar-refractivity contribution in [2.45, 2.75) is 40.7 Å². The Bertz CT molecular complexity index is 756. The normalized spacial score (nSPS) is 11.3. The number of nitrogens with two attached hydrogens (primary N) is 1. The van der Waals surface area contributed by atoms with Gasteiger partial charge in [-0.05, 0) is 39.5 Å². The molecule has 29 heavy (non-hydrogen) atoms. The van der Waals surface area contributed by atoms with E-state index in [0.717, 1.165) is 11.8 Å². The Morgan fingerprint density at radius 1 is 1.24 bits per heavy atom. The Morgan fingerprint density at radius 3 is 2.52 bits per heavy atom. The summed E-state index contributed by atoms with van der Waals surface area (Å²) in [5.74, 6) is 0.785. The van der Waals surface area contributed by atoms with Crippen LogP contribution in [0.2, 0.25) is 0 Å². The minimum Gasteiger partial charge on any atom is -0.458 e. The van der Waals surface area contributed by atoms with Crippen molar-refractivity contribution in [1.82, 2.24) is 14.9 Å². The number of carbonyl (C=O) groups is 3. The Balaban J connectivity index is 3.02. The first-order valence-corrected chi connectivity index (χ1v) is 9.77. The van der Waals surface area contributed by atoms with Gasteiger partial charge in [-0.15, -0.1) is 0 Å². The highest BCUT2D eigenvalue weighted by molar-refractivity contribution is 8.16. The highest BCUT2D eigenvalue weighted by Gasteiger charge is 2.18. The van der Waals surface area contributed by atoms with Crippen molar-refractivity contribution in [2.24, 2.45) is 0 Å². The monoisotopic (exact) mass is 426 g/mol. The molecule has 0 unspecified atom stereocenters. The molecule has 0 aliphatic heterocycles. The smallest absolute Gasteiger partial charge is 0.458 e. The van der Waals surface area contributed by atoms with Crippen LogP contribution in [0.15, 0.2) is 16.8 Å². The molecule has 0 atom stereocenters. The maximum absolute atomic E-state index is 11.9. The predicted molar refractivity (Wildman–Crippen MR) is 108 cm³/mol. The molecule has 0 aliphatic carbocycles. The third-order valence-corrected chi connectivity index (χ3v) is 4.63. The maximum atomic E-state index is 11.9. The average molecular weight is 426 g/mol. The number of hydrogen-bond donors (Lipinski definition) is 1. The zero-order chi connectivity index (χ0) is 21.8. The molecular formula is C18H26N4O6S. The summed E-state index contributed by atoms with van der Waals surface area (Å²) in [6, 6.07) is 0. The summed E-state index contributed by atoms with van der Waals surface area (Å²) in [5, 5.41) is -0.526. The first kappa shape index (κ1) is 24.2. The van der Waals surface area contributed by atoms with Gasteiger partial charge in [-0.3, -0.25) is 4.79 Å². The second-order valence-electron chi connectivity index (χ2n) is 5.64. The van der Waals surface area contributed by atoms with E-state index >= 15 is 0 Å². The van der Waals surface area contributed by atoms with Gasteiger partial charge in [0.1, 0.15) is 11.6 Å². The van der Waals surface area contributed by atoms with Gasteiger partial charge in [0, 0.05) is 28.8 Å². The van der Waals surface area contributed by atoms with Crippen molar-refractivity contribution in [3.8, 4) is 0 Å². The fourth-order valence-electron chi connectivity index (χ4n) is 2.15. The van der Waals surface area contributed by atoms with Crippen molar-refractivity contribution in [2.75, 3.05) is 25.6 Å². The van der Waals surface area contributed by atoms with E-state index in [0.29, 0.717) is 28.4 Å². The Hall–Kier alpha value is -2.82. The molecule has 1 heterocycles. The molecule has 1 aromatic heterocycles.